The number of aromatic nitrogens is 4. The van der Waals surface area contributed by atoms with Crippen LogP contribution in [0.2, 0.25) is 0 Å². The number of carbonyl (C=O) groups excluding carboxylic acids is 2. The van der Waals surface area contributed by atoms with E-state index in [9.17, 15) is 14.0 Å². The number of methoxy groups -OCH3 is 2. The molecule has 2 aliphatic heterocycles. The van der Waals surface area contributed by atoms with Gasteiger partial charge in [0.1, 0.15) is 12.3 Å². The fraction of sp³-hybridized carbons (Fsp3) is 0.308. The fourth-order valence-corrected chi connectivity index (χ4v) is 6.25. The first-order valence-corrected chi connectivity index (χ1v) is 17.2. The maximum Gasteiger partial charge on any atom is 0.237 e. The molecule has 12 nitrogen and oxygen atoms in total. The minimum Gasteiger partial charge on any atom is -0.488 e. The Bertz CT molecular complexity index is 1990. The van der Waals surface area contributed by atoms with Crippen LogP contribution in [0.3, 0.4) is 0 Å². The molecule has 1 saturated heterocycles. The number of rotatable bonds is 12. The van der Waals surface area contributed by atoms with Gasteiger partial charge in [0.25, 0.3) is 0 Å². The van der Waals surface area contributed by atoms with E-state index in [1.165, 1.54) is 17.2 Å². The van der Waals surface area contributed by atoms with Crippen molar-refractivity contribution in [3.05, 3.63) is 96.6 Å². The molecule has 2 amide bonds. The Kier molecular flexibility index (Phi) is 12.3. The van der Waals surface area contributed by atoms with E-state index in [2.05, 4.69) is 60.7 Å². The van der Waals surface area contributed by atoms with Crippen molar-refractivity contribution in [2.75, 3.05) is 65.5 Å². The quantitative estimate of drug-likeness (QED) is 0.128. The molecule has 2 N–H and O–H groups in total. The van der Waals surface area contributed by atoms with Gasteiger partial charge in [-0.15, -0.1) is 0 Å². The Labute approximate surface area is 301 Å². The Morgan fingerprint density at radius 1 is 1.00 bits per heavy atom. The van der Waals surface area contributed by atoms with Crippen molar-refractivity contribution in [3.63, 3.8) is 0 Å². The van der Waals surface area contributed by atoms with Crippen molar-refractivity contribution >= 4 is 34.5 Å². The monoisotopic (exact) mass is 707 g/mol. The number of anilines is 1. The summed E-state index contributed by atoms with van der Waals surface area (Å²) in [6.07, 6.45) is 8.46. The topological polar surface area (TPSA) is 135 Å². The van der Waals surface area contributed by atoms with Crippen LogP contribution in [0.1, 0.15) is 18.4 Å². The number of halogens is 1. The molecule has 1 atom stereocenters. The van der Waals surface area contributed by atoms with Gasteiger partial charge in [-0.1, -0.05) is 30.3 Å². The van der Waals surface area contributed by atoms with E-state index in [1.54, 1.807) is 50.9 Å². The first-order valence-electron chi connectivity index (χ1n) is 17.2. The van der Waals surface area contributed by atoms with Gasteiger partial charge in [0.15, 0.2) is 17.4 Å². The molecule has 1 fully saturated rings. The Hall–Kier alpha value is -5.50. The number of hydrogen-bond acceptors (Lipinski definition) is 9. The van der Waals surface area contributed by atoms with E-state index in [0.29, 0.717) is 43.1 Å². The van der Waals surface area contributed by atoms with Crippen molar-refractivity contribution in [3.8, 4) is 28.4 Å². The number of H-pyrrole nitrogens is 1. The van der Waals surface area contributed by atoms with E-state index < -0.39 is 5.82 Å². The lowest BCUT2D eigenvalue weighted by Gasteiger charge is -2.28. The van der Waals surface area contributed by atoms with Crippen LogP contribution in [0.5, 0.6) is 5.75 Å². The normalized spacial score (nSPS) is 15.9. The van der Waals surface area contributed by atoms with Crippen LogP contribution in [-0.4, -0.2) is 109 Å². The van der Waals surface area contributed by atoms with Crippen LogP contribution >= 0.6 is 0 Å². The van der Waals surface area contributed by atoms with Gasteiger partial charge >= 0.3 is 0 Å². The zero-order chi connectivity index (χ0) is 36.3. The molecule has 270 valence electrons. The summed E-state index contributed by atoms with van der Waals surface area (Å²) in [4.78, 5) is 35.9. The molecule has 3 aromatic carbocycles. The Morgan fingerprint density at radius 3 is 2.50 bits per heavy atom. The maximum absolute atomic E-state index is 13.9. The Morgan fingerprint density at radius 2 is 1.79 bits per heavy atom. The van der Waals surface area contributed by atoms with Crippen molar-refractivity contribution in [1.29, 1.82) is 0 Å². The van der Waals surface area contributed by atoms with E-state index in [-0.39, 0.29) is 24.4 Å². The fourth-order valence-electron chi connectivity index (χ4n) is 6.25. The lowest BCUT2D eigenvalue weighted by molar-refractivity contribution is -0.131. The lowest BCUT2D eigenvalue weighted by atomic mass is 9.98. The third-order valence-electron chi connectivity index (χ3n) is 9.10. The number of hydrogen-bond donors (Lipinski definition) is 2. The number of nitrogens with zero attached hydrogens (tertiary/aromatic N) is 5. The minimum atomic E-state index is -0.446. The molecule has 52 heavy (non-hydrogen) atoms. The average Bonchev–Trinajstić information content (AvgIpc) is 3.83. The number of carbonyl (C=O) groups is 2. The summed E-state index contributed by atoms with van der Waals surface area (Å²) >= 11 is 0. The number of ether oxygens (including phenoxy) is 3. The Balaban J connectivity index is 0.000000181. The molecule has 5 aromatic rings. The minimum absolute atomic E-state index is 0.142. The van der Waals surface area contributed by atoms with E-state index in [1.807, 2.05) is 17.0 Å². The molecule has 0 spiro atoms. The summed E-state index contributed by atoms with van der Waals surface area (Å²) in [5, 5.41) is 10.6. The van der Waals surface area contributed by atoms with E-state index >= 15 is 0 Å². The molecule has 0 aliphatic carbocycles. The number of fused-ring (bicyclic) bond motifs is 1. The molecule has 0 saturated carbocycles. The van der Waals surface area contributed by atoms with Crippen molar-refractivity contribution in [2.45, 2.75) is 18.9 Å². The highest BCUT2D eigenvalue weighted by Crippen LogP contribution is 2.32. The number of amides is 2. The highest BCUT2D eigenvalue weighted by atomic mass is 19.1. The largest absolute Gasteiger partial charge is 0.488 e. The van der Waals surface area contributed by atoms with E-state index in [0.717, 1.165) is 54.8 Å². The van der Waals surface area contributed by atoms with Crippen molar-refractivity contribution in [2.24, 2.45) is 0 Å². The predicted octanol–water partition coefficient (Wildman–Crippen LogP) is 5.44. The van der Waals surface area contributed by atoms with Gasteiger partial charge in [-0.25, -0.2) is 14.4 Å². The first kappa shape index (κ1) is 36.3. The van der Waals surface area contributed by atoms with Gasteiger partial charge in [0, 0.05) is 75.0 Å². The van der Waals surface area contributed by atoms with Crippen LogP contribution in [0.15, 0.2) is 85.2 Å². The van der Waals surface area contributed by atoms with Gasteiger partial charge in [-0.3, -0.25) is 19.6 Å². The molecule has 13 heteroatoms. The summed E-state index contributed by atoms with van der Waals surface area (Å²) in [6.45, 7) is 4.37. The average molecular weight is 708 g/mol. The van der Waals surface area contributed by atoms with Crippen molar-refractivity contribution in [1.82, 2.24) is 30.0 Å². The first-order chi connectivity index (χ1) is 25.4. The molecule has 0 unspecified atom stereocenters. The highest BCUT2D eigenvalue weighted by Gasteiger charge is 2.26. The standard InChI is InChI=1S/C22H26N4O2.C17H16FN3O3/c1-28-20-9-12-25(15-20)16-21(27)26-13-7-18(8-14-26)17-3-5-19(6-4-17)22-23-10-2-11-24-22;1-23-6-7-24-16-8-11(2-4-14(16)18)17-13-9-12(19-10-22)3-5-15(13)20-21-17/h2-7,10-11,20H,8-9,12-16H2,1H3;2-5,8-10H,6-7H2,1H3,(H,19,22)(H,20,21)/t20-;/m0./s1. The van der Waals surface area contributed by atoms with Crippen LogP contribution in [0.25, 0.3) is 39.1 Å². The zero-order valence-electron chi connectivity index (χ0n) is 29.3. The molecule has 7 rings (SSSR count). The van der Waals surface area contributed by atoms with Gasteiger partial charge in [0.2, 0.25) is 12.3 Å². The van der Waals surface area contributed by atoms with Gasteiger partial charge in [-0.05, 0) is 66.4 Å². The summed E-state index contributed by atoms with van der Waals surface area (Å²) < 4.78 is 29.6. The van der Waals surface area contributed by atoms with Crippen LogP contribution in [-0.2, 0) is 19.1 Å². The maximum atomic E-state index is 13.9. The number of aromatic amines is 1. The molecule has 0 radical (unpaired) electrons. The third kappa shape index (κ3) is 9.04. The van der Waals surface area contributed by atoms with Gasteiger partial charge in [0.05, 0.1) is 24.8 Å². The molecule has 4 heterocycles. The second-order valence-electron chi connectivity index (χ2n) is 12.4. The zero-order valence-corrected chi connectivity index (χ0v) is 29.3. The SMILES string of the molecule is COCCOc1cc(-c2n[nH]c3ccc(NC=O)cc23)ccc1F.CO[C@H]1CCN(CC(=O)N2CC=C(c3ccc(-c4ncccn4)cc3)CC2)C1. The number of likely N-dealkylation sites (tertiary alicyclic amines) is 1. The smallest absolute Gasteiger partial charge is 0.237 e. The summed E-state index contributed by atoms with van der Waals surface area (Å²) in [5.74, 6) is 0.644. The van der Waals surface area contributed by atoms with E-state index in [4.69, 9.17) is 14.2 Å². The molecule has 2 aliphatic rings. The summed E-state index contributed by atoms with van der Waals surface area (Å²) in [7, 11) is 3.29. The molecule has 0 bridgehead atoms. The van der Waals surface area contributed by atoms with Gasteiger partial charge in [-0.2, -0.15) is 5.10 Å². The summed E-state index contributed by atoms with van der Waals surface area (Å²) in [6, 6.07) is 20.1. The summed E-state index contributed by atoms with van der Waals surface area (Å²) in [5.41, 5.74) is 6.33. The second-order valence-corrected chi connectivity index (χ2v) is 12.4. The lowest BCUT2D eigenvalue weighted by Crippen LogP contribution is -2.41. The van der Waals surface area contributed by atoms with Crippen LogP contribution in [0.4, 0.5) is 10.1 Å². The number of nitrogens with one attached hydrogen (secondary N) is 2. The second kappa shape index (κ2) is 17.6. The predicted molar refractivity (Wildman–Crippen MR) is 197 cm³/mol. The third-order valence-corrected chi connectivity index (χ3v) is 9.10. The van der Waals surface area contributed by atoms with Crippen LogP contribution in [0, 0.1) is 5.82 Å². The van der Waals surface area contributed by atoms with Crippen LogP contribution < -0.4 is 10.1 Å². The molecular weight excluding hydrogens is 665 g/mol. The highest BCUT2D eigenvalue weighted by molar-refractivity contribution is 5.96. The molecule has 2 aromatic heterocycles. The number of benzene rings is 3. The van der Waals surface area contributed by atoms with Crippen molar-refractivity contribution < 1.29 is 28.2 Å². The van der Waals surface area contributed by atoms with Gasteiger partial charge < -0.3 is 24.4 Å². The molecular formula is C39H42FN7O5.